The summed E-state index contributed by atoms with van der Waals surface area (Å²) in [6, 6.07) is 0. The van der Waals surface area contributed by atoms with E-state index in [0.29, 0.717) is 19.1 Å². The molecule has 0 amide bonds. The Morgan fingerprint density at radius 1 is 1.53 bits per heavy atom. The molecule has 0 bridgehead atoms. The van der Waals surface area contributed by atoms with Crippen molar-refractivity contribution < 1.29 is 9.53 Å². The van der Waals surface area contributed by atoms with Crippen LogP contribution in [0.1, 0.15) is 20.8 Å². The average molecular weight is 267 g/mol. The Morgan fingerprint density at radius 2 is 2.21 bits per heavy atom. The van der Waals surface area contributed by atoms with Gasteiger partial charge in [-0.1, -0.05) is 13.8 Å². The van der Waals surface area contributed by atoms with Crippen LogP contribution in [0.25, 0.3) is 0 Å². The summed E-state index contributed by atoms with van der Waals surface area (Å²) in [5.74, 6) is 0.255. The number of ether oxygens (including phenoxy) is 1. The van der Waals surface area contributed by atoms with Crippen molar-refractivity contribution in [1.82, 2.24) is 9.55 Å². The van der Waals surface area contributed by atoms with E-state index in [-0.39, 0.29) is 23.9 Å². The standard InChI is InChI=1S/C13H21N3O3/c1-5-19-11(17)9-15(4)12-13(18)16(7-6-14-12)8-10(2)3/h6-7,10H,5,8-9H2,1-4H3. The second kappa shape index (κ2) is 6.92. The fourth-order valence-corrected chi connectivity index (χ4v) is 1.71. The summed E-state index contributed by atoms with van der Waals surface area (Å²) in [4.78, 5) is 29.1. The molecule has 1 rings (SSSR count). The Labute approximate surface area is 113 Å². The highest BCUT2D eigenvalue weighted by molar-refractivity contribution is 5.75. The lowest BCUT2D eigenvalue weighted by molar-refractivity contribution is -0.141. The van der Waals surface area contributed by atoms with E-state index >= 15 is 0 Å². The van der Waals surface area contributed by atoms with Gasteiger partial charge in [0.05, 0.1) is 6.61 Å². The summed E-state index contributed by atoms with van der Waals surface area (Å²) < 4.78 is 6.46. The van der Waals surface area contributed by atoms with Crippen molar-refractivity contribution in [3.05, 3.63) is 22.7 Å². The fourth-order valence-electron chi connectivity index (χ4n) is 1.71. The highest BCUT2D eigenvalue weighted by Gasteiger charge is 2.14. The van der Waals surface area contributed by atoms with E-state index in [1.807, 2.05) is 13.8 Å². The second-order valence-electron chi connectivity index (χ2n) is 4.76. The number of hydrogen-bond acceptors (Lipinski definition) is 5. The fraction of sp³-hybridized carbons (Fsp3) is 0.615. The van der Waals surface area contributed by atoms with E-state index in [4.69, 9.17) is 4.74 Å². The Morgan fingerprint density at radius 3 is 2.79 bits per heavy atom. The van der Waals surface area contributed by atoms with Gasteiger partial charge in [-0.25, -0.2) is 4.98 Å². The predicted molar refractivity (Wildman–Crippen MR) is 73.2 cm³/mol. The molecule has 0 N–H and O–H groups in total. The van der Waals surface area contributed by atoms with Crippen LogP contribution in [-0.4, -0.2) is 35.7 Å². The maximum Gasteiger partial charge on any atom is 0.325 e. The van der Waals surface area contributed by atoms with Gasteiger partial charge in [0.1, 0.15) is 6.54 Å². The normalized spacial score (nSPS) is 10.6. The summed E-state index contributed by atoms with van der Waals surface area (Å²) in [5.41, 5.74) is -0.192. The molecule has 19 heavy (non-hydrogen) atoms. The zero-order valence-corrected chi connectivity index (χ0v) is 11.9. The van der Waals surface area contributed by atoms with E-state index < -0.39 is 0 Å². The van der Waals surface area contributed by atoms with Crippen LogP contribution in [0.3, 0.4) is 0 Å². The minimum atomic E-state index is -0.370. The highest BCUT2D eigenvalue weighted by Crippen LogP contribution is 2.03. The van der Waals surface area contributed by atoms with Crippen molar-refractivity contribution in [3.8, 4) is 0 Å². The molecule has 0 fully saturated rings. The van der Waals surface area contributed by atoms with Crippen molar-refractivity contribution in [2.24, 2.45) is 5.92 Å². The first-order valence-corrected chi connectivity index (χ1v) is 6.37. The van der Waals surface area contributed by atoms with Crippen LogP contribution in [0.15, 0.2) is 17.2 Å². The second-order valence-corrected chi connectivity index (χ2v) is 4.76. The molecule has 0 aromatic carbocycles. The molecule has 6 heteroatoms. The number of aromatic nitrogens is 2. The first-order valence-electron chi connectivity index (χ1n) is 6.37. The van der Waals surface area contributed by atoms with Gasteiger partial charge in [0.15, 0.2) is 5.82 Å². The van der Waals surface area contributed by atoms with Gasteiger partial charge in [0.25, 0.3) is 5.56 Å². The lowest BCUT2D eigenvalue weighted by atomic mass is 10.2. The molecule has 1 aromatic rings. The third kappa shape index (κ3) is 4.39. The molecule has 6 nitrogen and oxygen atoms in total. The molecular weight excluding hydrogens is 246 g/mol. The Hall–Kier alpha value is -1.85. The highest BCUT2D eigenvalue weighted by atomic mass is 16.5. The minimum absolute atomic E-state index is 0.0156. The molecule has 0 aliphatic heterocycles. The summed E-state index contributed by atoms with van der Waals surface area (Å²) in [7, 11) is 1.65. The maximum absolute atomic E-state index is 12.2. The van der Waals surface area contributed by atoms with Gasteiger partial charge in [-0.05, 0) is 12.8 Å². The molecule has 0 atom stereocenters. The molecule has 0 saturated heterocycles. The van der Waals surface area contributed by atoms with Crippen LogP contribution in [0, 0.1) is 5.92 Å². The molecular formula is C13H21N3O3. The van der Waals surface area contributed by atoms with Gasteiger partial charge in [0, 0.05) is 26.0 Å². The van der Waals surface area contributed by atoms with E-state index in [0.717, 1.165) is 0 Å². The lowest BCUT2D eigenvalue weighted by Gasteiger charge is -2.17. The zero-order chi connectivity index (χ0) is 14.4. The van der Waals surface area contributed by atoms with E-state index in [9.17, 15) is 9.59 Å². The Kier molecular flexibility index (Phi) is 5.54. The van der Waals surface area contributed by atoms with E-state index in [1.54, 1.807) is 30.9 Å². The monoisotopic (exact) mass is 267 g/mol. The molecule has 0 spiro atoms. The Balaban J connectivity index is 2.88. The SMILES string of the molecule is CCOC(=O)CN(C)c1nccn(CC(C)C)c1=O. The number of carbonyl (C=O) groups is 1. The summed E-state index contributed by atoms with van der Waals surface area (Å²) >= 11 is 0. The lowest BCUT2D eigenvalue weighted by Crippen LogP contribution is -2.35. The molecule has 0 saturated carbocycles. The van der Waals surface area contributed by atoms with Gasteiger partial charge in [-0.15, -0.1) is 0 Å². The molecule has 1 aromatic heterocycles. The topological polar surface area (TPSA) is 64.4 Å². The molecule has 106 valence electrons. The summed E-state index contributed by atoms with van der Waals surface area (Å²) in [6.07, 6.45) is 3.23. The van der Waals surface area contributed by atoms with Gasteiger partial charge in [0.2, 0.25) is 0 Å². The molecule has 0 aliphatic carbocycles. The van der Waals surface area contributed by atoms with Crippen molar-refractivity contribution in [2.75, 3.05) is 25.1 Å². The van der Waals surface area contributed by atoms with Crippen LogP contribution < -0.4 is 10.5 Å². The van der Waals surface area contributed by atoms with Crippen LogP contribution in [0.4, 0.5) is 5.82 Å². The number of nitrogens with zero attached hydrogens (tertiary/aromatic N) is 3. The Bertz CT molecular complexity index is 482. The smallest absolute Gasteiger partial charge is 0.325 e. The van der Waals surface area contributed by atoms with Crippen molar-refractivity contribution in [3.63, 3.8) is 0 Å². The van der Waals surface area contributed by atoms with Gasteiger partial charge in [-0.2, -0.15) is 0 Å². The number of likely N-dealkylation sites (N-methyl/N-ethyl adjacent to an activating group) is 1. The van der Waals surface area contributed by atoms with Gasteiger partial charge < -0.3 is 14.2 Å². The summed E-state index contributed by atoms with van der Waals surface area (Å²) in [6.45, 7) is 6.79. The predicted octanol–water partition coefficient (Wildman–Crippen LogP) is 0.899. The number of rotatable bonds is 6. The van der Waals surface area contributed by atoms with E-state index in [2.05, 4.69) is 4.98 Å². The number of carbonyl (C=O) groups excluding carboxylic acids is 1. The molecule has 0 aliphatic rings. The van der Waals surface area contributed by atoms with Crippen molar-refractivity contribution in [1.29, 1.82) is 0 Å². The minimum Gasteiger partial charge on any atom is -0.465 e. The zero-order valence-electron chi connectivity index (χ0n) is 11.9. The quantitative estimate of drug-likeness (QED) is 0.716. The largest absolute Gasteiger partial charge is 0.465 e. The number of hydrogen-bond donors (Lipinski definition) is 0. The van der Waals surface area contributed by atoms with Crippen LogP contribution in [-0.2, 0) is 16.1 Å². The van der Waals surface area contributed by atoms with Crippen LogP contribution >= 0.6 is 0 Å². The number of esters is 1. The third-order valence-corrected chi connectivity index (χ3v) is 2.49. The molecule has 0 radical (unpaired) electrons. The van der Waals surface area contributed by atoms with Crippen LogP contribution in [0.2, 0.25) is 0 Å². The third-order valence-electron chi connectivity index (χ3n) is 2.49. The van der Waals surface area contributed by atoms with Crippen molar-refractivity contribution in [2.45, 2.75) is 27.3 Å². The first kappa shape index (κ1) is 15.2. The molecule has 1 heterocycles. The van der Waals surface area contributed by atoms with Crippen molar-refractivity contribution >= 4 is 11.8 Å². The molecule has 0 unspecified atom stereocenters. The maximum atomic E-state index is 12.2. The van der Waals surface area contributed by atoms with E-state index in [1.165, 1.54) is 4.90 Å². The van der Waals surface area contributed by atoms with Gasteiger partial charge in [-0.3, -0.25) is 9.59 Å². The van der Waals surface area contributed by atoms with Gasteiger partial charge >= 0.3 is 5.97 Å². The number of anilines is 1. The average Bonchev–Trinajstić information content (AvgIpc) is 2.31. The summed E-state index contributed by atoms with van der Waals surface area (Å²) in [5, 5.41) is 0. The van der Waals surface area contributed by atoms with Crippen LogP contribution in [0.5, 0.6) is 0 Å². The first-order chi connectivity index (χ1) is 8.95.